The third-order valence-corrected chi connectivity index (χ3v) is 2.00. The highest BCUT2D eigenvalue weighted by molar-refractivity contribution is 6.31. The third-order valence-electron chi connectivity index (χ3n) is 1.15. The largest absolute Gasteiger partial charge is 0.518 e. The topological polar surface area (TPSA) is 52.6 Å². The molecule has 0 bridgehead atoms. The molecule has 0 aromatic rings. The van der Waals surface area contributed by atoms with Gasteiger partial charge in [-0.3, -0.25) is 0 Å². The molecule has 0 atom stereocenters. The van der Waals surface area contributed by atoms with Gasteiger partial charge in [-0.2, -0.15) is 0 Å². The van der Waals surface area contributed by atoms with Crippen LogP contribution in [0.25, 0.3) is 0 Å². The van der Waals surface area contributed by atoms with Gasteiger partial charge in [-0.05, 0) is 13.8 Å². The summed E-state index contributed by atoms with van der Waals surface area (Å²) < 4.78 is 9.51. The molecule has 0 aromatic carbocycles. The monoisotopic (exact) mass is 214 g/mol. The highest BCUT2D eigenvalue weighted by Crippen LogP contribution is 1.90. The average Bonchev–Trinajstić information content (AvgIpc) is 2.10. The SMILES string of the molecule is C=CC(=O)OC[SiH2]OC(=O)C=C(C)C. The van der Waals surface area contributed by atoms with Crippen molar-refractivity contribution in [1.29, 1.82) is 0 Å². The van der Waals surface area contributed by atoms with Gasteiger partial charge in [0.15, 0.2) is 0 Å². The Morgan fingerprint density at radius 2 is 2.00 bits per heavy atom. The van der Waals surface area contributed by atoms with Crippen molar-refractivity contribution in [2.45, 2.75) is 13.8 Å². The Hall–Kier alpha value is -1.36. The highest BCUT2D eigenvalue weighted by Gasteiger charge is 2.00. The number of esters is 1. The molecule has 0 aliphatic rings. The van der Waals surface area contributed by atoms with Crippen LogP contribution in [0.2, 0.25) is 0 Å². The predicted molar refractivity (Wildman–Crippen MR) is 55.2 cm³/mol. The molecule has 0 amide bonds. The van der Waals surface area contributed by atoms with E-state index in [0.717, 1.165) is 11.6 Å². The van der Waals surface area contributed by atoms with E-state index in [9.17, 15) is 9.59 Å². The van der Waals surface area contributed by atoms with Crippen LogP contribution in [0.3, 0.4) is 0 Å². The van der Waals surface area contributed by atoms with Crippen LogP contribution >= 0.6 is 0 Å². The van der Waals surface area contributed by atoms with E-state index in [4.69, 9.17) is 4.43 Å². The zero-order chi connectivity index (χ0) is 11.0. The lowest BCUT2D eigenvalue weighted by atomic mass is 10.3. The Labute approximate surface area is 85.5 Å². The second-order valence-corrected chi connectivity index (χ2v) is 3.87. The van der Waals surface area contributed by atoms with Crippen LogP contribution in [0, 0.1) is 0 Å². The summed E-state index contributed by atoms with van der Waals surface area (Å²) in [5.41, 5.74) is 0.882. The number of allylic oxidation sites excluding steroid dienone is 1. The van der Waals surface area contributed by atoms with Gasteiger partial charge in [-0.1, -0.05) is 12.2 Å². The molecule has 5 heteroatoms. The molecule has 78 valence electrons. The van der Waals surface area contributed by atoms with E-state index < -0.39 is 15.7 Å². The molecule has 0 saturated heterocycles. The molecular formula is C9H14O4Si. The summed E-state index contributed by atoms with van der Waals surface area (Å²) in [4.78, 5) is 21.5. The number of ether oxygens (including phenoxy) is 1. The molecule has 0 aliphatic heterocycles. The van der Waals surface area contributed by atoms with Crippen molar-refractivity contribution in [2.75, 3.05) is 6.23 Å². The van der Waals surface area contributed by atoms with Crippen LogP contribution in [-0.2, 0) is 18.8 Å². The van der Waals surface area contributed by atoms with Gasteiger partial charge in [0.05, 0.1) is 0 Å². The van der Waals surface area contributed by atoms with Gasteiger partial charge in [0, 0.05) is 12.2 Å². The standard InChI is InChI=1S/C9H14O4Si/c1-4-8(10)12-6-14-13-9(11)5-7(2)3/h4-5H,1,6,14H2,2-3H3. The number of hydrogen-bond donors (Lipinski definition) is 0. The second-order valence-electron chi connectivity index (χ2n) is 2.76. The van der Waals surface area contributed by atoms with E-state index in [2.05, 4.69) is 11.3 Å². The van der Waals surface area contributed by atoms with Crippen molar-refractivity contribution in [2.24, 2.45) is 0 Å². The van der Waals surface area contributed by atoms with Crippen LogP contribution in [0.4, 0.5) is 0 Å². The fourth-order valence-corrected chi connectivity index (χ4v) is 1.27. The maximum atomic E-state index is 10.9. The first kappa shape index (κ1) is 12.6. The molecule has 0 saturated carbocycles. The van der Waals surface area contributed by atoms with E-state index >= 15 is 0 Å². The van der Waals surface area contributed by atoms with Gasteiger partial charge < -0.3 is 9.16 Å². The molecule has 0 radical (unpaired) electrons. The Bertz CT molecular complexity index is 254. The number of carbonyl (C=O) groups is 2. The van der Waals surface area contributed by atoms with Gasteiger partial charge in [-0.15, -0.1) is 0 Å². The van der Waals surface area contributed by atoms with Gasteiger partial charge in [0.2, 0.25) is 0 Å². The van der Waals surface area contributed by atoms with Crippen molar-refractivity contribution in [3.05, 3.63) is 24.3 Å². The summed E-state index contributed by atoms with van der Waals surface area (Å²) in [5.74, 6) is -0.859. The minimum absolute atomic E-state index is 0.188. The van der Waals surface area contributed by atoms with E-state index in [1.54, 1.807) is 13.8 Å². The Morgan fingerprint density at radius 1 is 1.36 bits per heavy atom. The quantitative estimate of drug-likeness (QED) is 0.285. The minimum atomic E-state index is -1.12. The van der Waals surface area contributed by atoms with E-state index in [-0.39, 0.29) is 12.2 Å². The van der Waals surface area contributed by atoms with Crippen LogP contribution in [0.15, 0.2) is 24.3 Å². The van der Waals surface area contributed by atoms with Gasteiger partial charge in [-0.25, -0.2) is 9.59 Å². The molecule has 14 heavy (non-hydrogen) atoms. The Kier molecular flexibility index (Phi) is 6.39. The minimum Gasteiger partial charge on any atom is -0.518 e. The van der Waals surface area contributed by atoms with Crippen molar-refractivity contribution in [3.8, 4) is 0 Å². The molecule has 0 fully saturated rings. The fourth-order valence-electron chi connectivity index (χ4n) is 0.621. The summed E-state index contributed by atoms with van der Waals surface area (Å²) in [5, 5.41) is 0. The van der Waals surface area contributed by atoms with E-state index in [1.807, 2.05) is 0 Å². The summed E-state index contributed by atoms with van der Waals surface area (Å²) in [6, 6.07) is 0. The molecule has 0 spiro atoms. The summed E-state index contributed by atoms with van der Waals surface area (Å²) in [6.45, 7) is 6.85. The van der Waals surface area contributed by atoms with E-state index in [1.165, 1.54) is 6.08 Å². The molecule has 4 nitrogen and oxygen atoms in total. The highest BCUT2D eigenvalue weighted by atomic mass is 28.2. The van der Waals surface area contributed by atoms with Crippen molar-refractivity contribution in [1.82, 2.24) is 0 Å². The summed E-state index contributed by atoms with van der Waals surface area (Å²) in [7, 11) is -1.12. The first-order valence-electron chi connectivity index (χ1n) is 4.17. The molecule has 0 aromatic heterocycles. The predicted octanol–water partition coefficient (Wildman–Crippen LogP) is 0.266. The molecular weight excluding hydrogens is 200 g/mol. The Morgan fingerprint density at radius 3 is 2.50 bits per heavy atom. The average molecular weight is 214 g/mol. The second kappa shape index (κ2) is 7.08. The lowest BCUT2D eigenvalue weighted by molar-refractivity contribution is -0.137. The van der Waals surface area contributed by atoms with Gasteiger partial charge >= 0.3 is 11.9 Å². The molecule has 0 rings (SSSR count). The van der Waals surface area contributed by atoms with Crippen molar-refractivity contribution >= 4 is 21.7 Å². The van der Waals surface area contributed by atoms with Crippen LogP contribution in [-0.4, -0.2) is 27.9 Å². The zero-order valence-corrected chi connectivity index (χ0v) is 9.82. The number of hydrogen-bond acceptors (Lipinski definition) is 4. The summed E-state index contributed by atoms with van der Waals surface area (Å²) in [6.07, 6.45) is 2.67. The fraction of sp³-hybridized carbons (Fsp3) is 0.333. The first-order valence-corrected chi connectivity index (χ1v) is 5.75. The zero-order valence-electron chi connectivity index (χ0n) is 8.41. The van der Waals surface area contributed by atoms with E-state index in [0.29, 0.717) is 0 Å². The Balaban J connectivity index is 3.55. The normalized spacial score (nSPS) is 9.57. The van der Waals surface area contributed by atoms with Crippen LogP contribution in [0.5, 0.6) is 0 Å². The molecule has 0 heterocycles. The van der Waals surface area contributed by atoms with Gasteiger partial charge in [0.25, 0.3) is 9.76 Å². The lowest BCUT2D eigenvalue weighted by Crippen LogP contribution is -2.14. The number of carbonyl (C=O) groups excluding carboxylic acids is 2. The molecule has 0 unspecified atom stereocenters. The number of rotatable bonds is 5. The maximum absolute atomic E-state index is 10.9. The maximum Gasteiger partial charge on any atom is 0.329 e. The summed E-state index contributed by atoms with van der Waals surface area (Å²) >= 11 is 0. The molecule has 0 N–H and O–H groups in total. The third kappa shape index (κ3) is 7.29. The lowest BCUT2D eigenvalue weighted by Gasteiger charge is -2.02. The van der Waals surface area contributed by atoms with Crippen molar-refractivity contribution in [3.63, 3.8) is 0 Å². The first-order chi connectivity index (χ1) is 6.56. The van der Waals surface area contributed by atoms with Crippen molar-refractivity contribution < 1.29 is 18.8 Å². The van der Waals surface area contributed by atoms with Crippen LogP contribution < -0.4 is 0 Å². The molecule has 0 aliphatic carbocycles. The smallest absolute Gasteiger partial charge is 0.329 e. The van der Waals surface area contributed by atoms with Crippen LogP contribution in [0.1, 0.15) is 13.8 Å². The van der Waals surface area contributed by atoms with Gasteiger partial charge in [0.1, 0.15) is 6.23 Å².